The first-order chi connectivity index (χ1) is 10.1. The Hall–Kier alpha value is -1.81. The molecule has 0 unspecified atom stereocenters. The SMILES string of the molecule is CC1(CNC(=O)[C@H](N)Cc2c[nH]c3ccccc23)CCC1. The number of hydrogen-bond acceptors (Lipinski definition) is 2. The minimum Gasteiger partial charge on any atom is -0.361 e. The lowest BCUT2D eigenvalue weighted by Crippen LogP contribution is -2.47. The predicted molar refractivity (Wildman–Crippen MR) is 84.9 cm³/mol. The van der Waals surface area contributed by atoms with Gasteiger partial charge in [0.15, 0.2) is 0 Å². The fourth-order valence-electron chi connectivity index (χ4n) is 3.02. The van der Waals surface area contributed by atoms with Crippen molar-refractivity contribution in [2.45, 2.75) is 38.6 Å². The summed E-state index contributed by atoms with van der Waals surface area (Å²) in [5.41, 5.74) is 8.54. The van der Waals surface area contributed by atoms with Crippen LogP contribution in [0, 0.1) is 5.41 Å². The maximum atomic E-state index is 12.1. The van der Waals surface area contributed by atoms with E-state index in [1.54, 1.807) is 0 Å². The van der Waals surface area contributed by atoms with E-state index in [0.717, 1.165) is 23.0 Å². The number of para-hydroxylation sites is 1. The van der Waals surface area contributed by atoms with Crippen molar-refractivity contribution in [2.24, 2.45) is 11.1 Å². The second-order valence-electron chi connectivity index (χ2n) is 6.55. The highest BCUT2D eigenvalue weighted by atomic mass is 16.2. The first kappa shape index (κ1) is 14.1. The molecule has 0 radical (unpaired) electrons. The zero-order valence-electron chi connectivity index (χ0n) is 12.5. The molecular weight excluding hydrogens is 262 g/mol. The molecule has 0 bridgehead atoms. The molecule has 1 aromatic heterocycles. The molecule has 0 spiro atoms. The predicted octanol–water partition coefficient (Wildman–Crippen LogP) is 2.34. The van der Waals surface area contributed by atoms with Gasteiger partial charge < -0.3 is 16.0 Å². The summed E-state index contributed by atoms with van der Waals surface area (Å²) in [7, 11) is 0. The van der Waals surface area contributed by atoms with Crippen LogP contribution in [0.5, 0.6) is 0 Å². The van der Waals surface area contributed by atoms with Gasteiger partial charge in [0.2, 0.25) is 5.91 Å². The molecule has 2 aromatic rings. The van der Waals surface area contributed by atoms with Crippen LogP contribution in [0.3, 0.4) is 0 Å². The quantitative estimate of drug-likeness (QED) is 0.789. The van der Waals surface area contributed by atoms with E-state index in [1.165, 1.54) is 19.3 Å². The number of aromatic nitrogens is 1. The molecule has 0 aliphatic heterocycles. The van der Waals surface area contributed by atoms with Gasteiger partial charge in [0.1, 0.15) is 0 Å². The Balaban J connectivity index is 1.60. The number of benzene rings is 1. The molecule has 1 amide bonds. The standard InChI is InChI=1S/C17H23N3O/c1-17(7-4-8-17)11-20-16(21)14(18)9-12-10-19-15-6-3-2-5-13(12)15/h2-3,5-6,10,14,19H,4,7-9,11,18H2,1H3,(H,20,21)/t14-/m1/s1. The average molecular weight is 285 g/mol. The molecule has 112 valence electrons. The Kier molecular flexibility index (Phi) is 3.72. The number of hydrogen-bond donors (Lipinski definition) is 3. The van der Waals surface area contributed by atoms with Gasteiger partial charge in [-0.15, -0.1) is 0 Å². The van der Waals surface area contributed by atoms with Crippen LogP contribution in [0.2, 0.25) is 0 Å². The molecule has 1 heterocycles. The lowest BCUT2D eigenvalue weighted by atomic mass is 9.70. The molecule has 1 saturated carbocycles. The van der Waals surface area contributed by atoms with Gasteiger partial charge in [-0.1, -0.05) is 31.5 Å². The van der Waals surface area contributed by atoms with Crippen molar-refractivity contribution in [3.8, 4) is 0 Å². The number of aromatic amines is 1. The molecule has 4 nitrogen and oxygen atoms in total. The minimum absolute atomic E-state index is 0.0478. The molecule has 21 heavy (non-hydrogen) atoms. The third-order valence-electron chi connectivity index (χ3n) is 4.70. The van der Waals surface area contributed by atoms with Crippen molar-refractivity contribution in [3.05, 3.63) is 36.0 Å². The van der Waals surface area contributed by atoms with Gasteiger partial charge in [0, 0.05) is 23.6 Å². The van der Waals surface area contributed by atoms with E-state index < -0.39 is 6.04 Å². The van der Waals surface area contributed by atoms with Crippen molar-refractivity contribution >= 4 is 16.8 Å². The molecule has 1 aliphatic carbocycles. The number of fused-ring (bicyclic) bond motifs is 1. The summed E-state index contributed by atoms with van der Waals surface area (Å²) in [5, 5.41) is 4.16. The maximum Gasteiger partial charge on any atom is 0.237 e. The normalized spacial score (nSPS) is 18.2. The van der Waals surface area contributed by atoms with E-state index in [1.807, 2.05) is 24.4 Å². The Morgan fingerprint density at radius 2 is 2.19 bits per heavy atom. The zero-order chi connectivity index (χ0) is 14.9. The summed E-state index contributed by atoms with van der Waals surface area (Å²) in [6.07, 6.45) is 6.18. The van der Waals surface area contributed by atoms with E-state index in [4.69, 9.17) is 5.73 Å². The van der Waals surface area contributed by atoms with Crippen LogP contribution < -0.4 is 11.1 Å². The van der Waals surface area contributed by atoms with Crippen molar-refractivity contribution in [1.82, 2.24) is 10.3 Å². The first-order valence-corrected chi connectivity index (χ1v) is 7.66. The minimum atomic E-state index is -0.493. The fourth-order valence-corrected chi connectivity index (χ4v) is 3.02. The number of rotatable bonds is 5. The number of carbonyl (C=O) groups is 1. The van der Waals surface area contributed by atoms with Gasteiger partial charge in [-0.2, -0.15) is 0 Å². The summed E-state index contributed by atoms with van der Waals surface area (Å²) in [6.45, 7) is 2.97. The van der Waals surface area contributed by atoms with E-state index in [2.05, 4.69) is 23.3 Å². The number of H-pyrrole nitrogens is 1. The number of amides is 1. The first-order valence-electron chi connectivity index (χ1n) is 7.66. The molecule has 1 aliphatic rings. The van der Waals surface area contributed by atoms with E-state index in [-0.39, 0.29) is 11.3 Å². The largest absolute Gasteiger partial charge is 0.361 e. The summed E-state index contributed by atoms with van der Waals surface area (Å²) >= 11 is 0. The smallest absolute Gasteiger partial charge is 0.237 e. The van der Waals surface area contributed by atoms with Crippen LogP contribution in [-0.4, -0.2) is 23.5 Å². The lowest BCUT2D eigenvalue weighted by molar-refractivity contribution is -0.123. The molecule has 4 N–H and O–H groups in total. The van der Waals surface area contributed by atoms with Crippen LogP contribution in [0.4, 0.5) is 0 Å². The fraction of sp³-hybridized carbons (Fsp3) is 0.471. The second-order valence-corrected chi connectivity index (χ2v) is 6.55. The maximum absolute atomic E-state index is 12.1. The highest BCUT2D eigenvalue weighted by molar-refractivity contribution is 5.86. The van der Waals surface area contributed by atoms with E-state index >= 15 is 0 Å². The number of nitrogens with two attached hydrogens (primary N) is 1. The van der Waals surface area contributed by atoms with Crippen LogP contribution in [-0.2, 0) is 11.2 Å². The Labute approximate surface area is 125 Å². The van der Waals surface area contributed by atoms with Gasteiger partial charge in [-0.25, -0.2) is 0 Å². The Bertz CT molecular complexity index is 642. The van der Waals surface area contributed by atoms with Gasteiger partial charge in [-0.3, -0.25) is 4.79 Å². The van der Waals surface area contributed by atoms with Crippen molar-refractivity contribution in [3.63, 3.8) is 0 Å². The topological polar surface area (TPSA) is 70.9 Å². The van der Waals surface area contributed by atoms with Gasteiger partial charge in [0.25, 0.3) is 0 Å². The zero-order valence-corrected chi connectivity index (χ0v) is 12.5. The monoisotopic (exact) mass is 285 g/mol. The molecule has 1 atom stereocenters. The van der Waals surface area contributed by atoms with Crippen LogP contribution >= 0.6 is 0 Å². The third kappa shape index (κ3) is 2.95. The Morgan fingerprint density at radius 1 is 1.43 bits per heavy atom. The summed E-state index contributed by atoms with van der Waals surface area (Å²) in [6, 6.07) is 7.59. The van der Waals surface area contributed by atoms with Gasteiger partial charge >= 0.3 is 0 Å². The summed E-state index contributed by atoms with van der Waals surface area (Å²) < 4.78 is 0. The van der Waals surface area contributed by atoms with Crippen molar-refractivity contribution in [1.29, 1.82) is 0 Å². The number of nitrogens with one attached hydrogen (secondary N) is 2. The molecule has 1 fully saturated rings. The lowest BCUT2D eigenvalue weighted by Gasteiger charge is -2.38. The third-order valence-corrected chi connectivity index (χ3v) is 4.70. The summed E-state index contributed by atoms with van der Waals surface area (Å²) in [4.78, 5) is 15.4. The average Bonchev–Trinajstić information content (AvgIpc) is 2.86. The van der Waals surface area contributed by atoms with Crippen molar-refractivity contribution in [2.75, 3.05) is 6.54 Å². The molecule has 1 aromatic carbocycles. The molecule has 4 heteroatoms. The Morgan fingerprint density at radius 3 is 2.90 bits per heavy atom. The second kappa shape index (κ2) is 5.53. The van der Waals surface area contributed by atoms with Gasteiger partial charge in [-0.05, 0) is 36.3 Å². The molecule has 0 saturated heterocycles. The number of carbonyl (C=O) groups excluding carboxylic acids is 1. The van der Waals surface area contributed by atoms with Crippen LogP contribution in [0.25, 0.3) is 10.9 Å². The molecular formula is C17H23N3O. The summed E-state index contributed by atoms with van der Waals surface area (Å²) in [5.74, 6) is -0.0478. The highest BCUT2D eigenvalue weighted by Crippen LogP contribution is 2.39. The van der Waals surface area contributed by atoms with E-state index in [0.29, 0.717) is 6.42 Å². The highest BCUT2D eigenvalue weighted by Gasteiger charge is 2.32. The van der Waals surface area contributed by atoms with Crippen molar-refractivity contribution < 1.29 is 4.79 Å². The van der Waals surface area contributed by atoms with Crippen LogP contribution in [0.1, 0.15) is 31.7 Å². The van der Waals surface area contributed by atoms with Gasteiger partial charge in [0.05, 0.1) is 6.04 Å². The molecule has 3 rings (SSSR count). The van der Waals surface area contributed by atoms with Crippen LogP contribution in [0.15, 0.2) is 30.5 Å². The van der Waals surface area contributed by atoms with E-state index in [9.17, 15) is 4.79 Å².